The van der Waals surface area contributed by atoms with Gasteiger partial charge in [-0.2, -0.15) is 26.3 Å². The summed E-state index contributed by atoms with van der Waals surface area (Å²) < 4.78 is 82.5. The lowest BCUT2D eigenvalue weighted by molar-refractivity contribution is -0.138. The Morgan fingerprint density at radius 3 is 1.97 bits per heavy atom. The first-order chi connectivity index (χ1) is 17.3. The standard InChI is InChI=1S/C28H26F6O3/c1-18(17-37-24-13-11-23(12-14-24)28(32,33)34)3-2-4-20-6-5-19(16-26(35)36)15-25(20)21-7-9-22(10-8-21)27(29,30)31/h5-15,18H,2-4,16-17H2,1H3,(H,35,36). The van der Waals surface area contributed by atoms with Gasteiger partial charge in [0.1, 0.15) is 5.75 Å². The summed E-state index contributed by atoms with van der Waals surface area (Å²) in [5, 5.41) is 9.12. The van der Waals surface area contributed by atoms with Crippen LogP contribution in [0.25, 0.3) is 11.1 Å². The molecule has 0 radical (unpaired) electrons. The molecule has 0 heterocycles. The maximum absolute atomic E-state index is 13.0. The van der Waals surface area contributed by atoms with Gasteiger partial charge >= 0.3 is 18.3 Å². The largest absolute Gasteiger partial charge is 0.493 e. The van der Waals surface area contributed by atoms with E-state index >= 15 is 0 Å². The topological polar surface area (TPSA) is 46.5 Å². The van der Waals surface area contributed by atoms with Crippen molar-refractivity contribution in [2.24, 2.45) is 5.92 Å². The molecule has 0 aromatic heterocycles. The Hall–Kier alpha value is -3.49. The molecule has 0 saturated heterocycles. The van der Waals surface area contributed by atoms with Gasteiger partial charge in [-0.05, 0) is 83.8 Å². The van der Waals surface area contributed by atoms with Crippen LogP contribution in [0.15, 0.2) is 66.7 Å². The maximum Gasteiger partial charge on any atom is 0.416 e. The van der Waals surface area contributed by atoms with Crippen LogP contribution in [0.1, 0.15) is 42.0 Å². The highest BCUT2D eigenvalue weighted by atomic mass is 19.4. The van der Waals surface area contributed by atoms with Gasteiger partial charge < -0.3 is 9.84 Å². The molecule has 0 saturated carbocycles. The van der Waals surface area contributed by atoms with Crippen LogP contribution in [0, 0.1) is 5.92 Å². The Morgan fingerprint density at radius 2 is 1.43 bits per heavy atom. The van der Waals surface area contributed by atoms with E-state index in [0.29, 0.717) is 35.5 Å². The predicted molar refractivity (Wildman–Crippen MR) is 127 cm³/mol. The molecule has 1 atom stereocenters. The molecular weight excluding hydrogens is 498 g/mol. The number of alkyl halides is 6. The van der Waals surface area contributed by atoms with Gasteiger partial charge in [-0.1, -0.05) is 37.3 Å². The first kappa shape index (κ1) is 28.1. The van der Waals surface area contributed by atoms with Crippen LogP contribution in [-0.2, 0) is 30.0 Å². The van der Waals surface area contributed by atoms with E-state index in [2.05, 4.69) is 0 Å². The summed E-state index contributed by atoms with van der Waals surface area (Å²) in [7, 11) is 0. The number of hydrogen-bond acceptors (Lipinski definition) is 2. The molecule has 0 aliphatic heterocycles. The molecule has 0 fully saturated rings. The highest BCUT2D eigenvalue weighted by Gasteiger charge is 2.30. The number of ether oxygens (including phenoxy) is 1. The van der Waals surface area contributed by atoms with Gasteiger partial charge in [0.15, 0.2) is 0 Å². The number of hydrogen-bond donors (Lipinski definition) is 1. The number of carbonyl (C=O) groups is 1. The van der Waals surface area contributed by atoms with Gasteiger partial charge in [-0.15, -0.1) is 0 Å². The second-order valence-corrected chi connectivity index (χ2v) is 8.97. The summed E-state index contributed by atoms with van der Waals surface area (Å²) in [4.78, 5) is 11.1. The molecule has 0 spiro atoms. The van der Waals surface area contributed by atoms with Crippen molar-refractivity contribution in [3.8, 4) is 16.9 Å². The average Bonchev–Trinajstić information content (AvgIpc) is 2.82. The first-order valence-electron chi connectivity index (χ1n) is 11.6. The quantitative estimate of drug-likeness (QED) is 0.273. The van der Waals surface area contributed by atoms with E-state index in [1.807, 2.05) is 6.92 Å². The van der Waals surface area contributed by atoms with Gasteiger partial charge in [-0.3, -0.25) is 4.79 Å². The van der Waals surface area contributed by atoms with E-state index in [4.69, 9.17) is 9.84 Å². The second-order valence-electron chi connectivity index (χ2n) is 8.97. The highest BCUT2D eigenvalue weighted by molar-refractivity contribution is 5.73. The minimum atomic E-state index is -4.45. The molecule has 9 heteroatoms. The van der Waals surface area contributed by atoms with E-state index < -0.39 is 29.4 Å². The average molecular weight is 525 g/mol. The van der Waals surface area contributed by atoms with E-state index in [1.165, 1.54) is 24.3 Å². The summed E-state index contributed by atoms with van der Waals surface area (Å²) in [6.07, 6.45) is -6.99. The number of carboxylic acid groups (broad SMARTS) is 1. The molecule has 3 aromatic carbocycles. The van der Waals surface area contributed by atoms with Crippen LogP contribution in [0.5, 0.6) is 5.75 Å². The molecule has 198 valence electrons. The molecule has 3 nitrogen and oxygen atoms in total. The Labute approximate surface area is 210 Å². The Kier molecular flexibility index (Phi) is 8.89. The number of halogens is 6. The van der Waals surface area contributed by atoms with E-state index in [-0.39, 0.29) is 12.3 Å². The number of rotatable bonds is 10. The van der Waals surface area contributed by atoms with E-state index in [1.54, 1.807) is 18.2 Å². The molecule has 0 amide bonds. The van der Waals surface area contributed by atoms with Crippen molar-refractivity contribution in [2.45, 2.75) is 45.0 Å². The molecule has 1 unspecified atom stereocenters. The summed E-state index contributed by atoms with van der Waals surface area (Å²) in [6, 6.07) is 14.5. The third kappa shape index (κ3) is 8.27. The zero-order valence-electron chi connectivity index (χ0n) is 20.0. The number of carboxylic acids is 1. The number of aliphatic carboxylic acids is 1. The van der Waals surface area contributed by atoms with Crippen LogP contribution in [0.4, 0.5) is 26.3 Å². The fourth-order valence-corrected chi connectivity index (χ4v) is 3.94. The minimum Gasteiger partial charge on any atom is -0.493 e. The summed E-state index contributed by atoms with van der Waals surface area (Å²) in [6.45, 7) is 2.27. The normalized spacial score (nSPS) is 12.8. The molecule has 0 bridgehead atoms. The SMILES string of the molecule is CC(CCCc1ccc(CC(=O)O)cc1-c1ccc(C(F)(F)F)cc1)COc1ccc(C(F)(F)F)cc1. The molecule has 1 N–H and O–H groups in total. The second kappa shape index (κ2) is 11.7. The van der Waals surface area contributed by atoms with Crippen molar-refractivity contribution in [3.63, 3.8) is 0 Å². The molecule has 0 aliphatic carbocycles. The van der Waals surface area contributed by atoms with Gasteiger partial charge in [-0.25, -0.2) is 0 Å². The van der Waals surface area contributed by atoms with Crippen molar-refractivity contribution in [2.75, 3.05) is 6.61 Å². The Bertz CT molecular complexity index is 1180. The van der Waals surface area contributed by atoms with Crippen LogP contribution in [0.3, 0.4) is 0 Å². The summed E-state index contributed by atoms with van der Waals surface area (Å²) in [5.74, 6) is -0.561. The molecule has 3 rings (SSSR count). The summed E-state index contributed by atoms with van der Waals surface area (Å²) in [5.41, 5.74) is 1.16. The molecule has 0 aliphatic rings. The number of benzene rings is 3. The summed E-state index contributed by atoms with van der Waals surface area (Å²) >= 11 is 0. The van der Waals surface area contributed by atoms with Crippen molar-refractivity contribution >= 4 is 5.97 Å². The lowest BCUT2D eigenvalue weighted by Crippen LogP contribution is -2.10. The zero-order valence-corrected chi connectivity index (χ0v) is 20.0. The fraction of sp³-hybridized carbons (Fsp3) is 0.321. The third-order valence-electron chi connectivity index (χ3n) is 5.91. The van der Waals surface area contributed by atoms with Crippen molar-refractivity contribution in [1.82, 2.24) is 0 Å². The highest BCUT2D eigenvalue weighted by Crippen LogP contribution is 2.33. The molecule has 37 heavy (non-hydrogen) atoms. The lowest BCUT2D eigenvalue weighted by atomic mass is 9.92. The van der Waals surface area contributed by atoms with Crippen LogP contribution in [0.2, 0.25) is 0 Å². The van der Waals surface area contributed by atoms with Gasteiger partial charge in [0.2, 0.25) is 0 Å². The predicted octanol–water partition coefficient (Wildman–Crippen LogP) is 8.06. The van der Waals surface area contributed by atoms with Gasteiger partial charge in [0.25, 0.3) is 0 Å². The Morgan fingerprint density at radius 1 is 0.865 bits per heavy atom. The molecule has 3 aromatic rings. The van der Waals surface area contributed by atoms with E-state index in [9.17, 15) is 31.1 Å². The van der Waals surface area contributed by atoms with Crippen LogP contribution < -0.4 is 4.74 Å². The van der Waals surface area contributed by atoms with Crippen molar-refractivity contribution in [3.05, 3.63) is 89.0 Å². The van der Waals surface area contributed by atoms with E-state index in [0.717, 1.165) is 42.7 Å². The number of aryl methyl sites for hydroxylation is 1. The smallest absolute Gasteiger partial charge is 0.416 e. The Balaban J connectivity index is 1.64. The van der Waals surface area contributed by atoms with Crippen LogP contribution >= 0.6 is 0 Å². The maximum atomic E-state index is 13.0. The first-order valence-corrected chi connectivity index (χ1v) is 11.6. The van der Waals surface area contributed by atoms with Crippen LogP contribution in [-0.4, -0.2) is 17.7 Å². The van der Waals surface area contributed by atoms with Gasteiger partial charge in [0, 0.05) is 0 Å². The monoisotopic (exact) mass is 524 g/mol. The van der Waals surface area contributed by atoms with Crippen molar-refractivity contribution in [1.29, 1.82) is 0 Å². The van der Waals surface area contributed by atoms with Crippen molar-refractivity contribution < 1.29 is 41.0 Å². The zero-order chi connectivity index (χ0) is 27.2. The fourth-order valence-electron chi connectivity index (χ4n) is 3.94. The third-order valence-corrected chi connectivity index (χ3v) is 5.91. The van der Waals surface area contributed by atoms with Gasteiger partial charge in [0.05, 0.1) is 24.2 Å². The minimum absolute atomic E-state index is 0.100. The lowest BCUT2D eigenvalue weighted by Gasteiger charge is -2.16. The molecular formula is C28H26F6O3.